The molecule has 0 fully saturated rings. The molecule has 0 aliphatic heterocycles. The Morgan fingerprint density at radius 3 is 1.54 bits per heavy atom. The average Bonchev–Trinajstić information content (AvgIpc) is 1.84. The van der Waals surface area contributed by atoms with Gasteiger partial charge in [-0.05, 0) is 17.8 Å². The van der Waals surface area contributed by atoms with Crippen molar-refractivity contribution in [2.45, 2.75) is 46.2 Å². The van der Waals surface area contributed by atoms with Crippen LogP contribution in [0.3, 0.4) is 0 Å². The topological polar surface area (TPSA) is 0 Å². The van der Waals surface area contributed by atoms with Crippen LogP contribution in [-0.4, -0.2) is 20.5 Å². The lowest BCUT2D eigenvalue weighted by Gasteiger charge is -2.48. The van der Waals surface area contributed by atoms with Crippen molar-refractivity contribution < 1.29 is 0 Å². The third kappa shape index (κ3) is 2.48. The second kappa shape index (κ2) is 3.63. The Morgan fingerprint density at radius 2 is 1.31 bits per heavy atom. The van der Waals surface area contributed by atoms with E-state index in [1.54, 1.807) is 0 Å². The summed E-state index contributed by atoms with van der Waals surface area (Å²) < 4.78 is 0.347. The van der Waals surface area contributed by atoms with E-state index in [9.17, 15) is 0 Å². The summed E-state index contributed by atoms with van der Waals surface area (Å²) in [4.78, 5) is 0. The van der Waals surface area contributed by atoms with Gasteiger partial charge in [-0.2, -0.15) is 0 Å². The van der Waals surface area contributed by atoms with Crippen molar-refractivity contribution in [2.24, 2.45) is 10.8 Å². The highest BCUT2D eigenvalue weighted by Gasteiger charge is 2.44. The van der Waals surface area contributed by atoms with Gasteiger partial charge in [0.05, 0.1) is 0 Å². The molecule has 0 radical (unpaired) electrons. The minimum Gasteiger partial charge on any atom is -0.107 e. The second-order valence-electron chi connectivity index (χ2n) is 5.88. The van der Waals surface area contributed by atoms with E-state index in [0.717, 1.165) is 0 Å². The molecular formula is C11H24Si2. The standard InChI is InChI=1S/C11H24Si2/c1-7-8-11(12,13)10(5,6)9(2,3)4/h1-6,12-13H3. The predicted octanol–water partition coefficient (Wildman–Crippen LogP) is 0.929. The molecule has 0 saturated heterocycles. The lowest BCUT2D eigenvalue weighted by molar-refractivity contribution is 0.125. The van der Waals surface area contributed by atoms with Crippen LogP contribution in [0.25, 0.3) is 0 Å². The third-order valence-electron chi connectivity index (χ3n) is 3.88. The highest BCUT2D eigenvalue weighted by molar-refractivity contribution is 6.42. The zero-order chi connectivity index (χ0) is 10.9. The van der Waals surface area contributed by atoms with Gasteiger partial charge in [0.15, 0.2) is 0 Å². The van der Waals surface area contributed by atoms with E-state index in [2.05, 4.69) is 46.5 Å². The van der Waals surface area contributed by atoms with Gasteiger partial charge in [-0.15, -0.1) is 11.8 Å². The van der Waals surface area contributed by atoms with Gasteiger partial charge in [0.25, 0.3) is 0 Å². The molecule has 0 N–H and O–H groups in total. The molecule has 0 bridgehead atoms. The van der Waals surface area contributed by atoms with Crippen LogP contribution in [0.15, 0.2) is 0 Å². The Labute approximate surface area is 89.7 Å². The first-order chi connectivity index (χ1) is 5.56. The largest absolute Gasteiger partial charge is 0.107 e. The Bertz CT molecular complexity index is 233. The molecule has 2 heteroatoms. The van der Waals surface area contributed by atoms with Crippen LogP contribution in [0.2, 0.25) is 4.66 Å². The van der Waals surface area contributed by atoms with Gasteiger partial charge in [-0.25, -0.2) is 0 Å². The van der Waals surface area contributed by atoms with Gasteiger partial charge in [0.1, 0.15) is 0 Å². The number of rotatable bonds is 1. The molecule has 0 aliphatic carbocycles. The molecule has 13 heavy (non-hydrogen) atoms. The first-order valence-electron chi connectivity index (χ1n) is 5.00. The molecule has 0 heterocycles. The van der Waals surface area contributed by atoms with E-state index in [0.29, 0.717) is 15.5 Å². The molecule has 0 amide bonds. The van der Waals surface area contributed by atoms with Gasteiger partial charge in [-0.1, -0.05) is 34.6 Å². The first-order valence-corrected chi connectivity index (χ1v) is 7.00. The fourth-order valence-electron chi connectivity index (χ4n) is 1.41. The summed E-state index contributed by atoms with van der Waals surface area (Å²) in [5.41, 5.74) is 0.682. The maximum absolute atomic E-state index is 3.44. The Balaban J connectivity index is 5.11. The van der Waals surface area contributed by atoms with Crippen LogP contribution in [0.4, 0.5) is 0 Å². The van der Waals surface area contributed by atoms with Gasteiger partial charge >= 0.3 is 0 Å². The Hall–Kier alpha value is -0.00623. The van der Waals surface area contributed by atoms with Crippen molar-refractivity contribution in [3.05, 3.63) is 0 Å². The van der Waals surface area contributed by atoms with Crippen molar-refractivity contribution in [1.82, 2.24) is 0 Å². The maximum atomic E-state index is 3.44. The van der Waals surface area contributed by atoms with Gasteiger partial charge < -0.3 is 0 Å². The molecule has 0 rings (SSSR count). The van der Waals surface area contributed by atoms with Crippen LogP contribution in [0.5, 0.6) is 0 Å². The zero-order valence-electron chi connectivity index (χ0n) is 10.5. The Kier molecular flexibility index (Phi) is 3.62. The van der Waals surface area contributed by atoms with E-state index in [4.69, 9.17) is 0 Å². The third-order valence-corrected chi connectivity index (χ3v) is 6.88. The summed E-state index contributed by atoms with van der Waals surface area (Å²) in [6.45, 7) is 13.7. The molecular weight excluding hydrogens is 188 g/mol. The van der Waals surface area contributed by atoms with Crippen molar-refractivity contribution in [3.8, 4) is 11.8 Å². The van der Waals surface area contributed by atoms with Gasteiger partial charge in [-0.3, -0.25) is 0 Å². The van der Waals surface area contributed by atoms with Crippen molar-refractivity contribution in [1.29, 1.82) is 0 Å². The van der Waals surface area contributed by atoms with E-state index in [1.165, 1.54) is 20.5 Å². The molecule has 0 unspecified atom stereocenters. The molecule has 0 aromatic carbocycles. The molecule has 76 valence electrons. The summed E-state index contributed by atoms with van der Waals surface area (Å²) in [5, 5.41) is 0. The molecule has 0 aromatic rings. The fourth-order valence-corrected chi connectivity index (χ4v) is 3.41. The van der Waals surface area contributed by atoms with E-state index in [1.807, 2.05) is 6.92 Å². The summed E-state index contributed by atoms with van der Waals surface area (Å²) in [6, 6.07) is 0. The van der Waals surface area contributed by atoms with Gasteiger partial charge in [0.2, 0.25) is 0 Å². The molecule has 0 aromatic heterocycles. The van der Waals surface area contributed by atoms with Gasteiger partial charge in [0, 0.05) is 25.1 Å². The van der Waals surface area contributed by atoms with Crippen LogP contribution < -0.4 is 0 Å². The predicted molar refractivity (Wildman–Crippen MR) is 69.3 cm³/mol. The number of hydrogen-bond acceptors (Lipinski definition) is 0. The lowest BCUT2D eigenvalue weighted by Crippen LogP contribution is -2.41. The van der Waals surface area contributed by atoms with Crippen molar-refractivity contribution in [3.63, 3.8) is 0 Å². The zero-order valence-corrected chi connectivity index (χ0v) is 14.5. The summed E-state index contributed by atoms with van der Waals surface area (Å²) >= 11 is 0. The molecule has 0 atom stereocenters. The summed E-state index contributed by atoms with van der Waals surface area (Å²) in [6.07, 6.45) is 0. The fraction of sp³-hybridized carbons (Fsp3) is 0.818. The van der Waals surface area contributed by atoms with Crippen LogP contribution >= 0.6 is 0 Å². The Morgan fingerprint density at radius 1 is 0.923 bits per heavy atom. The highest BCUT2D eigenvalue weighted by Crippen LogP contribution is 2.51. The number of hydrogen-bond donors (Lipinski definition) is 0. The summed E-state index contributed by atoms with van der Waals surface area (Å²) in [5.74, 6) is 6.55. The lowest BCUT2D eigenvalue weighted by atomic mass is 9.66. The minimum atomic E-state index is 0.335. The monoisotopic (exact) mass is 212 g/mol. The molecule has 0 saturated carbocycles. The smallest absolute Gasteiger partial charge is 0.0216 e. The van der Waals surface area contributed by atoms with Crippen molar-refractivity contribution >= 4 is 20.5 Å². The maximum Gasteiger partial charge on any atom is 0.0216 e. The molecule has 0 nitrogen and oxygen atoms in total. The van der Waals surface area contributed by atoms with Crippen LogP contribution in [0, 0.1) is 22.7 Å². The van der Waals surface area contributed by atoms with E-state index < -0.39 is 0 Å². The van der Waals surface area contributed by atoms with E-state index in [-0.39, 0.29) is 0 Å². The summed E-state index contributed by atoms with van der Waals surface area (Å²) in [7, 11) is 2.37. The molecule has 0 spiro atoms. The average molecular weight is 212 g/mol. The highest BCUT2D eigenvalue weighted by atomic mass is 28.2. The first kappa shape index (κ1) is 13.0. The van der Waals surface area contributed by atoms with Crippen molar-refractivity contribution in [2.75, 3.05) is 0 Å². The van der Waals surface area contributed by atoms with Crippen LogP contribution in [-0.2, 0) is 0 Å². The van der Waals surface area contributed by atoms with Crippen LogP contribution in [0.1, 0.15) is 41.5 Å². The normalized spacial score (nSPS) is 17.7. The second-order valence-corrected chi connectivity index (χ2v) is 11.9. The van der Waals surface area contributed by atoms with E-state index >= 15 is 0 Å². The quantitative estimate of drug-likeness (QED) is 0.448. The minimum absolute atomic E-state index is 0.335. The molecule has 0 aliphatic rings. The SMILES string of the molecule is CC#CC([SiH3])([SiH3])C(C)(C)C(C)(C)C.